The number of likely N-dealkylation sites (N-methyl/N-ethyl adjacent to an activating group) is 2. The van der Waals surface area contributed by atoms with Gasteiger partial charge < -0.3 is 4.90 Å². The van der Waals surface area contributed by atoms with Gasteiger partial charge in [-0.2, -0.15) is 5.53 Å². The molecule has 34 heavy (non-hydrogen) atoms. The van der Waals surface area contributed by atoms with Gasteiger partial charge in [0.05, 0.1) is 11.9 Å². The minimum atomic E-state index is 0.00662. The number of hydrogen-bond acceptors (Lipinski definition) is 7. The molecule has 0 bridgehead atoms. The van der Waals surface area contributed by atoms with E-state index in [1.54, 1.807) is 0 Å². The zero-order valence-corrected chi connectivity index (χ0v) is 21.3. The van der Waals surface area contributed by atoms with Crippen molar-refractivity contribution < 1.29 is 0 Å². The van der Waals surface area contributed by atoms with Crippen LogP contribution in [0.1, 0.15) is 52.3 Å². The lowest BCUT2D eigenvalue weighted by atomic mass is 9.92. The number of hydrazine groups is 3. The molecule has 2 aromatic rings. The zero-order valence-electron chi connectivity index (χ0n) is 21.3. The van der Waals surface area contributed by atoms with Crippen molar-refractivity contribution >= 4 is 11.5 Å². The highest BCUT2D eigenvalue weighted by Crippen LogP contribution is 2.40. The first kappa shape index (κ1) is 23.5. The van der Waals surface area contributed by atoms with Crippen LogP contribution in [0.2, 0.25) is 0 Å². The van der Waals surface area contributed by atoms with E-state index in [1.807, 2.05) is 0 Å². The monoisotopic (exact) mass is 461 g/mol. The van der Waals surface area contributed by atoms with Crippen molar-refractivity contribution in [1.82, 2.24) is 31.3 Å². The van der Waals surface area contributed by atoms with Gasteiger partial charge in [-0.05, 0) is 75.4 Å². The van der Waals surface area contributed by atoms with Crippen LogP contribution < -0.4 is 16.4 Å². The second-order valence-corrected chi connectivity index (χ2v) is 10.2. The molecule has 3 N–H and O–H groups in total. The standard InChI is InChI=1S/C27H39N7/c1-18-8-10-21(11-9-18)17-23-32(4)30-26-24-20(3)22(12-15-34-13-6-7-14-34)16-19(2)25(24)28-27(26)29-31-33(23)5/h8-11,16,23,26,30-31H,6-7,12-15,17H2,1-5H3,(H,28,29). The van der Waals surface area contributed by atoms with Crippen LogP contribution in [0.3, 0.4) is 0 Å². The molecule has 5 rings (SSSR count). The maximum absolute atomic E-state index is 5.02. The number of aliphatic imine (C=N–C) groups is 1. The lowest BCUT2D eigenvalue weighted by Crippen LogP contribution is -2.64. The third-order valence-electron chi connectivity index (χ3n) is 7.72. The Morgan fingerprint density at radius 1 is 1.00 bits per heavy atom. The van der Waals surface area contributed by atoms with E-state index in [4.69, 9.17) is 4.99 Å². The molecule has 182 valence electrons. The molecule has 0 radical (unpaired) electrons. The van der Waals surface area contributed by atoms with Gasteiger partial charge in [-0.15, -0.1) is 0 Å². The maximum atomic E-state index is 5.02. The third-order valence-corrected chi connectivity index (χ3v) is 7.72. The number of amidine groups is 1. The summed E-state index contributed by atoms with van der Waals surface area (Å²) in [6.45, 7) is 10.2. The predicted octanol–water partition coefficient (Wildman–Crippen LogP) is 3.29. The summed E-state index contributed by atoms with van der Waals surface area (Å²) in [4.78, 5) is 7.62. The third kappa shape index (κ3) is 4.63. The molecule has 0 spiro atoms. The second kappa shape index (κ2) is 9.76. The van der Waals surface area contributed by atoms with E-state index in [0.717, 1.165) is 30.9 Å². The van der Waals surface area contributed by atoms with Crippen LogP contribution in [0.4, 0.5) is 5.69 Å². The molecule has 0 amide bonds. The molecular weight excluding hydrogens is 422 g/mol. The van der Waals surface area contributed by atoms with Crippen molar-refractivity contribution in [1.29, 1.82) is 0 Å². The quantitative estimate of drug-likeness (QED) is 0.635. The van der Waals surface area contributed by atoms with Crippen LogP contribution in [-0.2, 0) is 12.8 Å². The Balaban J connectivity index is 1.39. The molecule has 0 saturated carbocycles. The van der Waals surface area contributed by atoms with Gasteiger partial charge in [-0.25, -0.2) is 20.4 Å². The average Bonchev–Trinajstić information content (AvgIpc) is 3.46. The van der Waals surface area contributed by atoms with Crippen LogP contribution in [0.15, 0.2) is 35.3 Å². The van der Waals surface area contributed by atoms with Gasteiger partial charge in [-0.1, -0.05) is 35.9 Å². The Labute approximate surface area is 204 Å². The summed E-state index contributed by atoms with van der Waals surface area (Å²) < 4.78 is 0. The summed E-state index contributed by atoms with van der Waals surface area (Å²) in [5, 5.41) is 4.34. The Kier molecular flexibility index (Phi) is 6.73. The van der Waals surface area contributed by atoms with E-state index in [0.29, 0.717) is 0 Å². The summed E-state index contributed by atoms with van der Waals surface area (Å²) in [6.07, 6.45) is 4.81. The predicted molar refractivity (Wildman–Crippen MR) is 139 cm³/mol. The normalized spacial score (nSPS) is 23.7. The highest BCUT2D eigenvalue weighted by molar-refractivity contribution is 5.97. The molecule has 2 unspecified atom stereocenters. The summed E-state index contributed by atoms with van der Waals surface area (Å²) in [5.74, 6) is 0.922. The summed E-state index contributed by atoms with van der Waals surface area (Å²) in [6, 6.07) is 11.2. The fourth-order valence-corrected chi connectivity index (χ4v) is 5.57. The van der Waals surface area contributed by atoms with Crippen LogP contribution in [0.5, 0.6) is 0 Å². The molecular formula is C27H39N7. The number of rotatable bonds is 5. The lowest BCUT2D eigenvalue weighted by Gasteiger charge is -2.40. The average molecular weight is 462 g/mol. The van der Waals surface area contributed by atoms with Gasteiger partial charge >= 0.3 is 0 Å². The number of aryl methyl sites for hydroxylation is 2. The minimum Gasteiger partial charge on any atom is -0.303 e. The molecule has 7 nitrogen and oxygen atoms in total. The van der Waals surface area contributed by atoms with E-state index in [9.17, 15) is 0 Å². The minimum absolute atomic E-state index is 0.00662. The molecule has 2 fully saturated rings. The van der Waals surface area contributed by atoms with Crippen molar-refractivity contribution in [3.05, 3.63) is 63.7 Å². The molecule has 3 aliphatic heterocycles. The van der Waals surface area contributed by atoms with Crippen LogP contribution in [0, 0.1) is 20.8 Å². The van der Waals surface area contributed by atoms with E-state index < -0.39 is 0 Å². The summed E-state index contributed by atoms with van der Waals surface area (Å²) in [7, 11) is 4.21. The highest BCUT2D eigenvalue weighted by atomic mass is 15.8. The second-order valence-electron chi connectivity index (χ2n) is 10.2. The van der Waals surface area contributed by atoms with E-state index in [1.165, 1.54) is 59.3 Å². The number of nitrogens with one attached hydrogen (secondary N) is 3. The van der Waals surface area contributed by atoms with Crippen LogP contribution in [0.25, 0.3) is 0 Å². The fraction of sp³-hybridized carbons (Fsp3) is 0.519. The first-order valence-corrected chi connectivity index (χ1v) is 12.6. The number of hydrogen-bond donors (Lipinski definition) is 3. The number of fused-ring (bicyclic) bond motifs is 3. The van der Waals surface area contributed by atoms with Gasteiger partial charge in [0.25, 0.3) is 0 Å². The van der Waals surface area contributed by atoms with Crippen molar-refractivity contribution in [2.45, 2.75) is 58.7 Å². The van der Waals surface area contributed by atoms with Crippen molar-refractivity contribution in [3.8, 4) is 0 Å². The Morgan fingerprint density at radius 3 is 2.47 bits per heavy atom. The van der Waals surface area contributed by atoms with Gasteiger partial charge in [-0.3, -0.25) is 5.43 Å². The lowest BCUT2D eigenvalue weighted by molar-refractivity contribution is -0.00989. The number of benzene rings is 2. The molecule has 3 heterocycles. The maximum Gasteiger partial charge on any atom is 0.141 e. The molecule has 3 aliphatic rings. The molecule has 7 heteroatoms. The van der Waals surface area contributed by atoms with Gasteiger partial charge in [0.2, 0.25) is 0 Å². The molecule has 0 aromatic heterocycles. The van der Waals surface area contributed by atoms with Gasteiger partial charge in [0, 0.05) is 32.6 Å². The molecule has 2 atom stereocenters. The Hall–Kier alpha value is -2.29. The first-order valence-electron chi connectivity index (χ1n) is 12.6. The fourth-order valence-electron chi connectivity index (χ4n) is 5.57. The smallest absolute Gasteiger partial charge is 0.141 e. The van der Waals surface area contributed by atoms with Crippen molar-refractivity contribution in [2.24, 2.45) is 4.99 Å². The summed E-state index contributed by atoms with van der Waals surface area (Å²) >= 11 is 0. The van der Waals surface area contributed by atoms with Crippen LogP contribution >= 0.6 is 0 Å². The van der Waals surface area contributed by atoms with Gasteiger partial charge in [0.15, 0.2) is 0 Å². The largest absolute Gasteiger partial charge is 0.303 e. The molecule has 0 aliphatic carbocycles. The number of nitrogens with zero attached hydrogens (tertiary/aromatic N) is 4. The van der Waals surface area contributed by atoms with Gasteiger partial charge in [0.1, 0.15) is 11.9 Å². The summed E-state index contributed by atoms with van der Waals surface area (Å²) in [5.41, 5.74) is 19.7. The first-order chi connectivity index (χ1) is 16.4. The number of likely N-dealkylation sites (tertiary alicyclic amines) is 1. The van der Waals surface area contributed by atoms with Crippen molar-refractivity contribution in [2.75, 3.05) is 33.7 Å². The van der Waals surface area contributed by atoms with Crippen molar-refractivity contribution in [3.63, 3.8) is 0 Å². The van der Waals surface area contributed by atoms with E-state index in [2.05, 4.69) is 96.5 Å². The molecule has 2 aromatic carbocycles. The zero-order chi connectivity index (χ0) is 23.8. The molecule has 2 saturated heterocycles. The topological polar surface area (TPSA) is 58.2 Å². The van der Waals surface area contributed by atoms with E-state index >= 15 is 0 Å². The van der Waals surface area contributed by atoms with Crippen LogP contribution in [-0.4, -0.2) is 60.6 Å². The van der Waals surface area contributed by atoms with E-state index in [-0.39, 0.29) is 12.2 Å². The highest BCUT2D eigenvalue weighted by Gasteiger charge is 2.36. The SMILES string of the molecule is Cc1ccc(CC2N(C)NNC3=Nc4c(C)cc(CCN5CCCC5)c(C)c4C3NN2C)cc1. The Bertz CT molecular complexity index is 1060. The Morgan fingerprint density at radius 2 is 1.74 bits per heavy atom.